The lowest BCUT2D eigenvalue weighted by atomic mass is 10.0. The Morgan fingerprint density at radius 2 is 1.64 bits per heavy atom. The summed E-state index contributed by atoms with van der Waals surface area (Å²) in [5.74, 6) is -0.421. The van der Waals surface area contributed by atoms with Crippen molar-refractivity contribution in [3.8, 4) is 0 Å². The molecule has 152 valence electrons. The smallest absolute Gasteiger partial charge is 0.253 e. The summed E-state index contributed by atoms with van der Waals surface area (Å²) in [6, 6.07) is 10.2. The molecule has 10 heteroatoms. The van der Waals surface area contributed by atoms with Crippen LogP contribution < -0.4 is 10.0 Å². The number of hydrogen-bond acceptors (Lipinski definition) is 5. The van der Waals surface area contributed by atoms with Crippen molar-refractivity contribution in [1.82, 2.24) is 5.32 Å². The third kappa shape index (κ3) is 5.95. The van der Waals surface area contributed by atoms with Crippen molar-refractivity contribution < 1.29 is 21.6 Å². The van der Waals surface area contributed by atoms with Gasteiger partial charge >= 0.3 is 0 Å². The lowest BCUT2D eigenvalue weighted by molar-refractivity contribution is 0.0935. The molecule has 0 fully saturated rings. The topological polar surface area (TPSA) is 109 Å². The van der Waals surface area contributed by atoms with Gasteiger partial charge in [-0.15, -0.1) is 0 Å². The van der Waals surface area contributed by atoms with Crippen LogP contribution >= 0.6 is 11.6 Å². The van der Waals surface area contributed by atoms with E-state index in [9.17, 15) is 21.6 Å². The van der Waals surface area contributed by atoms with Crippen molar-refractivity contribution in [2.24, 2.45) is 0 Å². The van der Waals surface area contributed by atoms with Crippen molar-refractivity contribution in [2.45, 2.75) is 24.3 Å². The van der Waals surface area contributed by atoms with E-state index in [1.165, 1.54) is 30.3 Å². The molecule has 2 aromatic carbocycles. The first-order chi connectivity index (χ1) is 12.9. The summed E-state index contributed by atoms with van der Waals surface area (Å²) in [6.45, 7) is 1.89. The van der Waals surface area contributed by atoms with Gasteiger partial charge in [0, 0.05) is 11.9 Å². The molecule has 0 bridgehead atoms. The van der Waals surface area contributed by atoms with E-state index in [-0.39, 0.29) is 27.2 Å². The van der Waals surface area contributed by atoms with E-state index in [0.29, 0.717) is 6.42 Å². The number of benzene rings is 2. The number of amides is 1. The highest BCUT2D eigenvalue weighted by atomic mass is 35.5. The van der Waals surface area contributed by atoms with Gasteiger partial charge in [0.2, 0.25) is 10.0 Å². The Balaban J connectivity index is 2.20. The number of sulfone groups is 1. The van der Waals surface area contributed by atoms with E-state index in [2.05, 4.69) is 10.0 Å². The molecular formula is C18H21ClN2O5S2. The zero-order valence-electron chi connectivity index (χ0n) is 15.6. The van der Waals surface area contributed by atoms with Gasteiger partial charge in [0.15, 0.2) is 9.84 Å². The number of hydrogen-bond donors (Lipinski definition) is 2. The van der Waals surface area contributed by atoms with Gasteiger partial charge in [0.25, 0.3) is 5.91 Å². The fourth-order valence-corrected chi connectivity index (χ4v) is 4.03. The van der Waals surface area contributed by atoms with Crippen LogP contribution in [0, 0.1) is 0 Å². The van der Waals surface area contributed by atoms with Gasteiger partial charge in [-0.1, -0.05) is 30.7 Å². The van der Waals surface area contributed by atoms with Crippen molar-refractivity contribution in [2.75, 3.05) is 17.2 Å². The molecule has 0 aliphatic carbocycles. The zero-order valence-corrected chi connectivity index (χ0v) is 18.0. The minimum Gasteiger partial charge on any atom is -0.345 e. The molecule has 0 aliphatic heterocycles. The van der Waals surface area contributed by atoms with Crippen LogP contribution in [0.3, 0.4) is 0 Å². The molecule has 2 rings (SSSR count). The van der Waals surface area contributed by atoms with Crippen LogP contribution in [0.5, 0.6) is 0 Å². The van der Waals surface area contributed by atoms with Crippen LogP contribution in [-0.4, -0.2) is 35.3 Å². The SMILES string of the molecule is CCC(NC(=O)c1ccc(NS(C)(=O)=O)cc1Cl)c1ccc(S(C)(=O)=O)cc1. The highest BCUT2D eigenvalue weighted by molar-refractivity contribution is 7.92. The molecule has 7 nitrogen and oxygen atoms in total. The molecule has 0 aliphatic rings. The predicted molar refractivity (Wildman–Crippen MR) is 110 cm³/mol. The summed E-state index contributed by atoms with van der Waals surface area (Å²) >= 11 is 6.13. The number of halogens is 1. The second-order valence-corrected chi connectivity index (χ2v) is 10.5. The minimum absolute atomic E-state index is 0.105. The molecule has 2 N–H and O–H groups in total. The molecule has 28 heavy (non-hydrogen) atoms. The van der Waals surface area contributed by atoms with Crippen LogP contribution in [0.2, 0.25) is 5.02 Å². The van der Waals surface area contributed by atoms with E-state index in [1.54, 1.807) is 12.1 Å². The Hall–Kier alpha value is -2.10. The maximum Gasteiger partial charge on any atom is 0.253 e. The normalized spacial score (nSPS) is 13.0. The van der Waals surface area contributed by atoms with Gasteiger partial charge in [0.05, 0.1) is 27.8 Å². The molecule has 1 atom stereocenters. The van der Waals surface area contributed by atoms with Gasteiger partial charge in [-0.3, -0.25) is 9.52 Å². The number of nitrogens with one attached hydrogen (secondary N) is 2. The van der Waals surface area contributed by atoms with Gasteiger partial charge < -0.3 is 5.32 Å². The van der Waals surface area contributed by atoms with Gasteiger partial charge in [-0.05, 0) is 42.3 Å². The molecule has 0 saturated heterocycles. The number of rotatable bonds is 7. The molecule has 2 aromatic rings. The van der Waals surface area contributed by atoms with Crippen molar-refractivity contribution in [3.63, 3.8) is 0 Å². The summed E-state index contributed by atoms with van der Waals surface area (Å²) in [5, 5.41) is 2.96. The van der Waals surface area contributed by atoms with E-state index >= 15 is 0 Å². The van der Waals surface area contributed by atoms with E-state index in [4.69, 9.17) is 11.6 Å². The Bertz CT molecular complexity index is 1080. The maximum atomic E-state index is 12.6. The number of carbonyl (C=O) groups excluding carboxylic acids is 1. The molecular weight excluding hydrogens is 424 g/mol. The second kappa shape index (κ2) is 8.50. The Morgan fingerprint density at radius 3 is 2.11 bits per heavy atom. The summed E-state index contributed by atoms with van der Waals surface area (Å²) in [5.41, 5.74) is 1.22. The Morgan fingerprint density at radius 1 is 1.04 bits per heavy atom. The quantitative estimate of drug-likeness (QED) is 0.682. The van der Waals surface area contributed by atoms with Gasteiger partial charge in [-0.2, -0.15) is 0 Å². The monoisotopic (exact) mass is 444 g/mol. The third-order valence-electron chi connectivity index (χ3n) is 3.94. The molecule has 0 spiro atoms. The number of carbonyl (C=O) groups is 1. The summed E-state index contributed by atoms with van der Waals surface area (Å²) in [7, 11) is -6.75. The molecule has 0 aromatic heterocycles. The molecule has 0 radical (unpaired) electrons. The number of sulfonamides is 1. The largest absolute Gasteiger partial charge is 0.345 e. The summed E-state index contributed by atoms with van der Waals surface area (Å²) in [6.07, 6.45) is 2.73. The highest BCUT2D eigenvalue weighted by Gasteiger charge is 2.18. The van der Waals surface area contributed by atoms with E-state index in [0.717, 1.165) is 18.1 Å². The fraction of sp³-hybridized carbons (Fsp3) is 0.278. The van der Waals surface area contributed by atoms with Crippen LogP contribution in [0.4, 0.5) is 5.69 Å². The highest BCUT2D eigenvalue weighted by Crippen LogP contribution is 2.24. The zero-order chi connectivity index (χ0) is 21.1. The van der Waals surface area contributed by atoms with Crippen LogP contribution in [-0.2, 0) is 19.9 Å². The van der Waals surface area contributed by atoms with Crippen molar-refractivity contribution in [3.05, 3.63) is 58.6 Å². The average molecular weight is 445 g/mol. The lowest BCUT2D eigenvalue weighted by Gasteiger charge is -2.18. The van der Waals surface area contributed by atoms with Crippen molar-refractivity contribution >= 4 is 43.1 Å². The van der Waals surface area contributed by atoms with Gasteiger partial charge in [0.1, 0.15) is 0 Å². The minimum atomic E-state index is -3.45. The first-order valence-corrected chi connectivity index (χ1v) is 12.4. The van der Waals surface area contributed by atoms with Crippen LogP contribution in [0.15, 0.2) is 47.4 Å². The Labute approximate surface area is 170 Å². The lowest BCUT2D eigenvalue weighted by Crippen LogP contribution is -2.28. The predicted octanol–water partition coefficient (Wildman–Crippen LogP) is 3.00. The first-order valence-electron chi connectivity index (χ1n) is 8.29. The van der Waals surface area contributed by atoms with Crippen LogP contribution in [0.25, 0.3) is 0 Å². The molecule has 0 saturated carbocycles. The molecule has 0 heterocycles. The molecule has 1 amide bonds. The first kappa shape index (κ1) is 22.2. The third-order valence-corrected chi connectivity index (χ3v) is 5.99. The van der Waals surface area contributed by atoms with Crippen molar-refractivity contribution in [1.29, 1.82) is 0 Å². The van der Waals surface area contributed by atoms with E-state index in [1.807, 2.05) is 6.92 Å². The standard InChI is InChI=1S/C18H21ClN2O5S2/c1-4-17(12-5-8-14(9-6-12)27(2,23)24)20-18(22)15-10-7-13(11-16(15)19)21-28(3,25)26/h5-11,17,21H,4H2,1-3H3,(H,20,22). The average Bonchev–Trinajstić information content (AvgIpc) is 2.57. The van der Waals surface area contributed by atoms with E-state index < -0.39 is 25.8 Å². The van der Waals surface area contributed by atoms with Crippen LogP contribution in [0.1, 0.15) is 35.3 Å². The molecule has 1 unspecified atom stereocenters. The number of anilines is 1. The summed E-state index contributed by atoms with van der Waals surface area (Å²) < 4.78 is 48.0. The second-order valence-electron chi connectivity index (χ2n) is 6.34. The summed E-state index contributed by atoms with van der Waals surface area (Å²) in [4.78, 5) is 12.8. The Kier molecular flexibility index (Phi) is 6.74. The maximum absolute atomic E-state index is 12.6. The fourth-order valence-electron chi connectivity index (χ4n) is 2.58. The van der Waals surface area contributed by atoms with Gasteiger partial charge in [-0.25, -0.2) is 16.8 Å².